The highest BCUT2D eigenvalue weighted by Gasteiger charge is 2.40. The Morgan fingerprint density at radius 3 is 3.00 bits per heavy atom. The third-order valence-electron chi connectivity index (χ3n) is 3.86. The summed E-state index contributed by atoms with van der Waals surface area (Å²) in [5.41, 5.74) is 0.298. The number of hydrogen-bond acceptors (Lipinski definition) is 2. The van der Waals surface area contributed by atoms with Crippen LogP contribution in [0.3, 0.4) is 0 Å². The molecule has 1 aliphatic heterocycles. The maximum atomic E-state index is 5.70. The SMILES string of the molecule is CC1OCCC1(CBr)CCc1nccn1C. The van der Waals surface area contributed by atoms with Crippen LogP contribution < -0.4 is 0 Å². The number of ether oxygens (including phenoxy) is 1. The zero-order valence-electron chi connectivity index (χ0n) is 9.95. The van der Waals surface area contributed by atoms with Crippen LogP contribution in [0.1, 0.15) is 25.6 Å². The lowest BCUT2D eigenvalue weighted by Crippen LogP contribution is -2.31. The van der Waals surface area contributed by atoms with Gasteiger partial charge in [-0.3, -0.25) is 0 Å². The highest BCUT2D eigenvalue weighted by molar-refractivity contribution is 9.09. The van der Waals surface area contributed by atoms with Crippen LogP contribution in [-0.2, 0) is 18.2 Å². The first-order valence-corrected chi connectivity index (χ1v) is 6.94. The second-order valence-corrected chi connectivity index (χ2v) is 5.27. The van der Waals surface area contributed by atoms with Gasteiger partial charge in [0, 0.05) is 43.2 Å². The van der Waals surface area contributed by atoms with E-state index in [-0.39, 0.29) is 0 Å². The quantitative estimate of drug-likeness (QED) is 0.796. The van der Waals surface area contributed by atoms with Crippen molar-refractivity contribution in [2.75, 3.05) is 11.9 Å². The first kappa shape index (κ1) is 12.1. The molecule has 0 N–H and O–H groups in total. The van der Waals surface area contributed by atoms with Gasteiger partial charge in [-0.2, -0.15) is 0 Å². The van der Waals surface area contributed by atoms with Crippen molar-refractivity contribution in [3.05, 3.63) is 18.2 Å². The molecule has 1 saturated heterocycles. The summed E-state index contributed by atoms with van der Waals surface area (Å²) in [5.74, 6) is 1.17. The molecule has 16 heavy (non-hydrogen) atoms. The molecule has 3 nitrogen and oxygen atoms in total. The molecule has 0 radical (unpaired) electrons. The lowest BCUT2D eigenvalue weighted by molar-refractivity contribution is 0.0705. The molecule has 1 aliphatic rings. The second-order valence-electron chi connectivity index (χ2n) is 4.71. The molecule has 2 rings (SSSR count). The van der Waals surface area contributed by atoms with Gasteiger partial charge in [0.15, 0.2) is 0 Å². The van der Waals surface area contributed by atoms with Crippen LogP contribution in [0.15, 0.2) is 12.4 Å². The Morgan fingerprint density at radius 1 is 1.69 bits per heavy atom. The number of aryl methyl sites for hydroxylation is 2. The van der Waals surface area contributed by atoms with E-state index in [2.05, 4.69) is 39.5 Å². The Morgan fingerprint density at radius 2 is 2.50 bits per heavy atom. The minimum absolute atomic E-state index is 0.298. The number of rotatable bonds is 4. The maximum Gasteiger partial charge on any atom is 0.108 e. The summed E-state index contributed by atoms with van der Waals surface area (Å²) in [5, 5.41) is 1.02. The van der Waals surface area contributed by atoms with E-state index in [4.69, 9.17) is 4.74 Å². The third-order valence-corrected chi connectivity index (χ3v) is 4.98. The van der Waals surface area contributed by atoms with E-state index in [1.54, 1.807) is 0 Å². The van der Waals surface area contributed by atoms with Gasteiger partial charge >= 0.3 is 0 Å². The van der Waals surface area contributed by atoms with Gasteiger partial charge in [0.05, 0.1) is 6.10 Å². The lowest BCUT2D eigenvalue weighted by atomic mass is 9.79. The summed E-state index contributed by atoms with van der Waals surface area (Å²) in [7, 11) is 2.05. The third kappa shape index (κ3) is 2.18. The molecule has 0 spiro atoms. The van der Waals surface area contributed by atoms with E-state index < -0.39 is 0 Å². The number of halogens is 1. The van der Waals surface area contributed by atoms with E-state index in [1.807, 2.05) is 12.4 Å². The smallest absolute Gasteiger partial charge is 0.108 e. The van der Waals surface area contributed by atoms with Crippen LogP contribution in [-0.4, -0.2) is 27.6 Å². The molecular formula is C12H19BrN2O. The zero-order valence-corrected chi connectivity index (χ0v) is 11.5. The van der Waals surface area contributed by atoms with Crippen LogP contribution in [0.2, 0.25) is 0 Å². The van der Waals surface area contributed by atoms with Crippen molar-refractivity contribution < 1.29 is 4.74 Å². The van der Waals surface area contributed by atoms with Crippen molar-refractivity contribution in [2.45, 2.75) is 32.3 Å². The Kier molecular flexibility index (Phi) is 3.70. The van der Waals surface area contributed by atoms with Crippen LogP contribution in [0.25, 0.3) is 0 Å². The summed E-state index contributed by atoms with van der Waals surface area (Å²) in [6, 6.07) is 0. The van der Waals surface area contributed by atoms with Gasteiger partial charge in [-0.25, -0.2) is 4.98 Å². The summed E-state index contributed by atoms with van der Waals surface area (Å²) >= 11 is 3.65. The standard InChI is InChI=1S/C12H19BrN2O/c1-10-12(9-13,5-8-16-10)4-3-11-14-6-7-15(11)2/h6-7,10H,3-5,8-9H2,1-2H3. The lowest BCUT2D eigenvalue weighted by Gasteiger charge is -2.30. The minimum atomic E-state index is 0.298. The fraction of sp³-hybridized carbons (Fsp3) is 0.750. The molecule has 0 amide bonds. The molecule has 1 aromatic heterocycles. The van der Waals surface area contributed by atoms with Gasteiger partial charge < -0.3 is 9.30 Å². The van der Waals surface area contributed by atoms with Crippen molar-refractivity contribution in [1.82, 2.24) is 9.55 Å². The topological polar surface area (TPSA) is 27.1 Å². The second kappa shape index (κ2) is 4.88. The van der Waals surface area contributed by atoms with Gasteiger partial charge in [0.1, 0.15) is 5.82 Å². The average Bonchev–Trinajstić information content (AvgIpc) is 2.84. The molecule has 90 valence electrons. The molecule has 2 heterocycles. The zero-order chi connectivity index (χ0) is 11.6. The average molecular weight is 287 g/mol. The molecule has 0 aliphatic carbocycles. The molecule has 1 fully saturated rings. The van der Waals surface area contributed by atoms with Crippen molar-refractivity contribution in [3.63, 3.8) is 0 Å². The first-order valence-electron chi connectivity index (χ1n) is 5.82. The van der Waals surface area contributed by atoms with Crippen molar-refractivity contribution >= 4 is 15.9 Å². The van der Waals surface area contributed by atoms with E-state index >= 15 is 0 Å². The Hall–Kier alpha value is -0.350. The molecule has 1 aromatic rings. The molecule has 0 aromatic carbocycles. The van der Waals surface area contributed by atoms with E-state index in [9.17, 15) is 0 Å². The molecule has 0 bridgehead atoms. The monoisotopic (exact) mass is 286 g/mol. The fourth-order valence-corrected chi connectivity index (χ4v) is 3.40. The highest BCUT2D eigenvalue weighted by Crippen LogP contribution is 2.40. The number of nitrogens with zero attached hydrogens (tertiary/aromatic N) is 2. The Balaban J connectivity index is 2.00. The number of imidazole rings is 1. The van der Waals surface area contributed by atoms with E-state index in [0.29, 0.717) is 11.5 Å². The van der Waals surface area contributed by atoms with Gasteiger partial charge in [-0.1, -0.05) is 15.9 Å². The number of alkyl halides is 1. The summed E-state index contributed by atoms with van der Waals surface area (Å²) in [6.45, 7) is 3.08. The molecule has 4 heteroatoms. The van der Waals surface area contributed by atoms with Gasteiger partial charge in [-0.15, -0.1) is 0 Å². The van der Waals surface area contributed by atoms with Gasteiger partial charge in [-0.05, 0) is 19.8 Å². The minimum Gasteiger partial charge on any atom is -0.378 e. The first-order chi connectivity index (χ1) is 7.68. The van der Waals surface area contributed by atoms with E-state index in [1.165, 1.54) is 5.82 Å². The van der Waals surface area contributed by atoms with Gasteiger partial charge in [0.2, 0.25) is 0 Å². The highest BCUT2D eigenvalue weighted by atomic mass is 79.9. The molecule has 2 atom stereocenters. The van der Waals surface area contributed by atoms with Gasteiger partial charge in [0.25, 0.3) is 0 Å². The predicted octanol–water partition coefficient (Wildman–Crippen LogP) is 2.54. The number of hydrogen-bond donors (Lipinski definition) is 0. The van der Waals surface area contributed by atoms with Crippen LogP contribution in [0.4, 0.5) is 0 Å². The van der Waals surface area contributed by atoms with Crippen LogP contribution in [0.5, 0.6) is 0 Å². The van der Waals surface area contributed by atoms with Crippen LogP contribution in [0, 0.1) is 5.41 Å². The predicted molar refractivity (Wildman–Crippen MR) is 67.8 cm³/mol. The Labute approximate surface area is 105 Å². The Bertz CT molecular complexity index is 353. The number of aromatic nitrogens is 2. The normalized spacial score (nSPS) is 29.8. The van der Waals surface area contributed by atoms with E-state index in [0.717, 1.165) is 31.2 Å². The summed E-state index contributed by atoms with van der Waals surface area (Å²) in [6.07, 6.45) is 7.55. The summed E-state index contributed by atoms with van der Waals surface area (Å²) < 4.78 is 7.80. The fourth-order valence-electron chi connectivity index (χ4n) is 2.39. The largest absolute Gasteiger partial charge is 0.378 e. The molecule has 2 unspecified atom stereocenters. The molecular weight excluding hydrogens is 268 g/mol. The van der Waals surface area contributed by atoms with Crippen molar-refractivity contribution in [1.29, 1.82) is 0 Å². The summed E-state index contributed by atoms with van der Waals surface area (Å²) in [4.78, 5) is 4.37. The van der Waals surface area contributed by atoms with Crippen molar-refractivity contribution in [2.24, 2.45) is 12.5 Å². The van der Waals surface area contributed by atoms with Crippen LogP contribution >= 0.6 is 15.9 Å². The maximum absolute atomic E-state index is 5.70. The van der Waals surface area contributed by atoms with Crippen molar-refractivity contribution in [3.8, 4) is 0 Å². The molecule has 0 saturated carbocycles.